The fourth-order valence-electron chi connectivity index (χ4n) is 3.44. The fourth-order valence-corrected chi connectivity index (χ4v) is 4.04. The lowest BCUT2D eigenvalue weighted by Crippen LogP contribution is -2.50. The minimum Gasteiger partial charge on any atom is -0.357 e. The van der Waals surface area contributed by atoms with Gasteiger partial charge in [0.05, 0.1) is 6.42 Å². The van der Waals surface area contributed by atoms with Crippen LogP contribution in [-0.4, -0.2) is 29.8 Å². The molecule has 0 saturated carbocycles. The maximum Gasteiger partial charge on any atom is 0.242 e. The summed E-state index contributed by atoms with van der Waals surface area (Å²) in [6.45, 7) is 0.256. The highest BCUT2D eigenvalue weighted by Gasteiger charge is 2.30. The van der Waals surface area contributed by atoms with Crippen LogP contribution in [0, 0.1) is 0 Å². The molecule has 0 aromatic heterocycles. The molecule has 7 heteroatoms. The highest BCUT2D eigenvalue weighted by atomic mass is 35.5. The maximum atomic E-state index is 13.5. The summed E-state index contributed by atoms with van der Waals surface area (Å²) in [6, 6.07) is 21.2. The van der Waals surface area contributed by atoms with Crippen molar-refractivity contribution in [1.82, 2.24) is 10.2 Å². The molecule has 0 heterocycles. The Bertz CT molecular complexity index is 1070. The molecule has 0 unspecified atom stereocenters. The van der Waals surface area contributed by atoms with Crippen LogP contribution < -0.4 is 5.32 Å². The number of rotatable bonds is 8. The van der Waals surface area contributed by atoms with E-state index < -0.39 is 6.04 Å². The van der Waals surface area contributed by atoms with Gasteiger partial charge in [0.15, 0.2) is 0 Å². The Morgan fingerprint density at radius 3 is 2.16 bits per heavy atom. The summed E-state index contributed by atoms with van der Waals surface area (Å²) in [5.74, 6) is -0.452. The van der Waals surface area contributed by atoms with Crippen LogP contribution in [0.3, 0.4) is 0 Å². The van der Waals surface area contributed by atoms with Crippen molar-refractivity contribution in [2.75, 3.05) is 7.05 Å². The van der Waals surface area contributed by atoms with E-state index in [0.717, 1.165) is 11.1 Å². The number of likely N-dealkylation sites (N-methyl/N-ethyl adjacent to an activating group) is 1. The first-order valence-corrected chi connectivity index (χ1v) is 11.2. The number of carbonyl (C=O) groups excluding carboxylic acids is 2. The molecule has 0 radical (unpaired) electrons. The summed E-state index contributed by atoms with van der Waals surface area (Å²) in [4.78, 5) is 28.0. The molecule has 2 amide bonds. The van der Waals surface area contributed by atoms with E-state index in [1.165, 1.54) is 0 Å². The average molecular weight is 490 g/mol. The molecule has 0 aliphatic carbocycles. The number of nitrogens with one attached hydrogen (secondary N) is 1. The van der Waals surface area contributed by atoms with E-state index in [0.29, 0.717) is 27.1 Å². The van der Waals surface area contributed by atoms with Gasteiger partial charge in [-0.2, -0.15) is 0 Å². The van der Waals surface area contributed by atoms with Gasteiger partial charge in [0.25, 0.3) is 0 Å². The van der Waals surface area contributed by atoms with Gasteiger partial charge in [-0.25, -0.2) is 0 Å². The van der Waals surface area contributed by atoms with Crippen molar-refractivity contribution in [2.24, 2.45) is 0 Å². The number of carbonyl (C=O) groups is 2. The molecule has 0 saturated heterocycles. The van der Waals surface area contributed by atoms with Crippen LogP contribution in [0.1, 0.15) is 16.7 Å². The summed E-state index contributed by atoms with van der Waals surface area (Å²) in [7, 11) is 1.57. The number of halogens is 3. The molecule has 1 atom stereocenters. The Labute approximate surface area is 203 Å². The normalized spacial score (nSPS) is 11.6. The fraction of sp³-hybridized carbons (Fsp3) is 0.200. The van der Waals surface area contributed by atoms with Gasteiger partial charge in [0, 0.05) is 35.1 Å². The minimum atomic E-state index is -0.698. The van der Waals surface area contributed by atoms with Crippen LogP contribution in [-0.2, 0) is 29.0 Å². The molecule has 4 nitrogen and oxygen atoms in total. The number of amides is 2. The highest BCUT2D eigenvalue weighted by Crippen LogP contribution is 2.23. The summed E-state index contributed by atoms with van der Waals surface area (Å²) >= 11 is 18.3. The van der Waals surface area contributed by atoms with Crippen LogP contribution in [0.15, 0.2) is 72.8 Å². The molecule has 0 aliphatic heterocycles. The smallest absolute Gasteiger partial charge is 0.242 e. The molecule has 0 fully saturated rings. The van der Waals surface area contributed by atoms with Crippen LogP contribution in [0.25, 0.3) is 0 Å². The summed E-state index contributed by atoms with van der Waals surface area (Å²) in [5, 5.41) is 4.21. The highest BCUT2D eigenvalue weighted by molar-refractivity contribution is 6.35. The number of nitrogens with zero attached hydrogens (tertiary/aromatic N) is 1. The van der Waals surface area contributed by atoms with Crippen LogP contribution in [0.5, 0.6) is 0 Å². The van der Waals surface area contributed by atoms with Crippen molar-refractivity contribution in [1.29, 1.82) is 0 Å². The van der Waals surface area contributed by atoms with Crippen molar-refractivity contribution >= 4 is 46.6 Å². The number of benzene rings is 3. The summed E-state index contributed by atoms with van der Waals surface area (Å²) in [5.41, 5.74) is 2.48. The molecule has 166 valence electrons. The van der Waals surface area contributed by atoms with E-state index in [1.54, 1.807) is 42.3 Å². The monoisotopic (exact) mass is 488 g/mol. The third-order valence-corrected chi connectivity index (χ3v) is 5.98. The summed E-state index contributed by atoms with van der Waals surface area (Å²) < 4.78 is 0. The molecular formula is C25H23Cl3N2O2. The molecule has 1 N–H and O–H groups in total. The SMILES string of the molecule is CNC(=O)[C@@H](Cc1ccccc1)N(Cc1ccc(Cl)cc1)C(=O)Cc1ccc(Cl)cc1Cl. The van der Waals surface area contributed by atoms with Crippen molar-refractivity contribution in [3.05, 3.63) is 105 Å². The first kappa shape index (κ1) is 24.1. The molecule has 0 aliphatic rings. The third kappa shape index (κ3) is 6.49. The lowest BCUT2D eigenvalue weighted by Gasteiger charge is -2.31. The molecular weight excluding hydrogens is 467 g/mol. The lowest BCUT2D eigenvalue weighted by atomic mass is 10.0. The lowest BCUT2D eigenvalue weighted by molar-refractivity contribution is -0.140. The topological polar surface area (TPSA) is 49.4 Å². The molecule has 3 aromatic rings. The Hall–Kier alpha value is -2.53. The zero-order valence-corrected chi connectivity index (χ0v) is 19.8. The van der Waals surface area contributed by atoms with Gasteiger partial charge in [0.1, 0.15) is 6.04 Å². The van der Waals surface area contributed by atoms with E-state index in [9.17, 15) is 9.59 Å². The first-order valence-electron chi connectivity index (χ1n) is 10.1. The minimum absolute atomic E-state index is 0.0475. The van der Waals surface area contributed by atoms with Crippen LogP contribution >= 0.6 is 34.8 Å². The third-order valence-electron chi connectivity index (χ3n) is 5.14. The van der Waals surface area contributed by atoms with Crippen molar-refractivity contribution in [2.45, 2.75) is 25.4 Å². The van der Waals surface area contributed by atoms with Gasteiger partial charge in [-0.3, -0.25) is 9.59 Å². The molecule has 32 heavy (non-hydrogen) atoms. The van der Waals surface area contributed by atoms with Gasteiger partial charge in [-0.05, 0) is 41.0 Å². The van der Waals surface area contributed by atoms with Crippen molar-refractivity contribution in [3.63, 3.8) is 0 Å². The average Bonchev–Trinajstić information content (AvgIpc) is 2.79. The standard InChI is InChI=1S/C25H23Cl3N2O2/c1-29-25(32)23(13-17-5-3-2-4-6-17)30(16-18-7-10-20(26)11-8-18)24(31)14-19-9-12-21(27)15-22(19)28/h2-12,15,23H,13-14,16H2,1H3,(H,29,32)/t23-/m1/s1. The molecule has 3 aromatic carbocycles. The Morgan fingerprint density at radius 2 is 1.53 bits per heavy atom. The second-order valence-corrected chi connectivity index (χ2v) is 8.66. The van der Waals surface area contributed by atoms with E-state index >= 15 is 0 Å². The predicted octanol–water partition coefficient (Wildman–Crippen LogP) is 5.58. The van der Waals surface area contributed by atoms with Gasteiger partial charge in [-0.15, -0.1) is 0 Å². The molecule has 0 bridgehead atoms. The van der Waals surface area contributed by atoms with E-state index in [4.69, 9.17) is 34.8 Å². The predicted molar refractivity (Wildman–Crippen MR) is 130 cm³/mol. The quantitative estimate of drug-likeness (QED) is 0.449. The van der Waals surface area contributed by atoms with Crippen LogP contribution in [0.2, 0.25) is 15.1 Å². The van der Waals surface area contributed by atoms with E-state index in [1.807, 2.05) is 42.5 Å². The number of hydrogen-bond donors (Lipinski definition) is 1. The van der Waals surface area contributed by atoms with Gasteiger partial charge in [0.2, 0.25) is 11.8 Å². The Kier molecular flexibility index (Phi) is 8.57. The zero-order chi connectivity index (χ0) is 23.1. The maximum absolute atomic E-state index is 13.5. The van der Waals surface area contributed by atoms with Crippen molar-refractivity contribution in [3.8, 4) is 0 Å². The second kappa shape index (κ2) is 11.4. The van der Waals surface area contributed by atoms with Gasteiger partial charge in [-0.1, -0.05) is 83.3 Å². The molecule has 0 spiro atoms. The van der Waals surface area contributed by atoms with E-state index in [-0.39, 0.29) is 24.8 Å². The molecule has 3 rings (SSSR count). The Morgan fingerprint density at radius 1 is 0.875 bits per heavy atom. The van der Waals surface area contributed by atoms with E-state index in [2.05, 4.69) is 5.32 Å². The second-order valence-electron chi connectivity index (χ2n) is 7.38. The largest absolute Gasteiger partial charge is 0.357 e. The zero-order valence-electron chi connectivity index (χ0n) is 17.5. The number of hydrogen-bond acceptors (Lipinski definition) is 2. The van der Waals surface area contributed by atoms with Crippen LogP contribution in [0.4, 0.5) is 0 Å². The van der Waals surface area contributed by atoms with Crippen molar-refractivity contribution < 1.29 is 9.59 Å². The Balaban J connectivity index is 1.95. The van der Waals surface area contributed by atoms with Gasteiger partial charge >= 0.3 is 0 Å². The summed E-state index contributed by atoms with van der Waals surface area (Å²) in [6.07, 6.45) is 0.431. The first-order chi connectivity index (χ1) is 15.4. The van der Waals surface area contributed by atoms with Gasteiger partial charge < -0.3 is 10.2 Å².